The SMILES string of the molecule is [CH3-].[O]=[Re](=[N]C12CC3CC(CC(C3)C1)C2)=[N]C12CC3CC(CC(C3)C1)C2. The van der Waals surface area contributed by atoms with Crippen LogP contribution in [0, 0.1) is 42.9 Å². The van der Waals surface area contributed by atoms with Gasteiger partial charge in [0.25, 0.3) is 0 Å². The summed E-state index contributed by atoms with van der Waals surface area (Å²) in [7, 11) is 0. The van der Waals surface area contributed by atoms with Gasteiger partial charge in [0.05, 0.1) is 0 Å². The molecule has 8 aliphatic rings. The van der Waals surface area contributed by atoms with Gasteiger partial charge >= 0.3 is 151 Å². The van der Waals surface area contributed by atoms with Crippen molar-refractivity contribution in [3.8, 4) is 0 Å². The van der Waals surface area contributed by atoms with Crippen LogP contribution >= 0.6 is 0 Å². The molecule has 0 aliphatic heterocycles. The fourth-order valence-electron chi connectivity index (χ4n) is 8.66. The molecule has 0 aromatic heterocycles. The first-order chi connectivity index (χ1) is 11.6. The van der Waals surface area contributed by atoms with Gasteiger partial charge in [-0.15, -0.1) is 0 Å². The summed E-state index contributed by atoms with van der Waals surface area (Å²) >= 11 is -3.03. The number of nitrogens with zero attached hydrogens (tertiary/aromatic N) is 2. The molecule has 141 valence electrons. The van der Waals surface area contributed by atoms with Gasteiger partial charge in [0, 0.05) is 0 Å². The van der Waals surface area contributed by atoms with Crippen LogP contribution in [0.2, 0.25) is 0 Å². The van der Waals surface area contributed by atoms with Crippen molar-refractivity contribution in [3.05, 3.63) is 7.43 Å². The summed E-state index contributed by atoms with van der Waals surface area (Å²) in [5.41, 5.74) is 0.234. The second-order valence-corrected chi connectivity index (χ2v) is 13.4. The predicted molar refractivity (Wildman–Crippen MR) is 93.8 cm³/mol. The summed E-state index contributed by atoms with van der Waals surface area (Å²) in [6.45, 7) is 0. The van der Waals surface area contributed by atoms with Crippen molar-refractivity contribution in [2.45, 2.75) is 88.1 Å². The molecule has 25 heavy (non-hydrogen) atoms. The molecule has 8 rings (SSSR count). The molecule has 0 heterocycles. The Morgan fingerprint density at radius 3 is 1.04 bits per heavy atom. The first-order valence-corrected chi connectivity index (χ1v) is 13.9. The Hall–Kier alpha value is 0.0623. The van der Waals surface area contributed by atoms with Crippen molar-refractivity contribution in [1.82, 2.24) is 0 Å². The molecule has 0 radical (unpaired) electrons. The summed E-state index contributed by atoms with van der Waals surface area (Å²) in [4.78, 5) is 0. The quantitative estimate of drug-likeness (QED) is 0.435. The van der Waals surface area contributed by atoms with Crippen molar-refractivity contribution in [2.24, 2.45) is 42.7 Å². The van der Waals surface area contributed by atoms with Gasteiger partial charge in [0.15, 0.2) is 0 Å². The average molecular weight is 516 g/mol. The van der Waals surface area contributed by atoms with Gasteiger partial charge in [0.2, 0.25) is 0 Å². The van der Waals surface area contributed by atoms with E-state index in [0.717, 1.165) is 35.5 Å². The molecule has 0 unspecified atom stereocenters. The first-order valence-electron chi connectivity index (χ1n) is 10.4. The van der Waals surface area contributed by atoms with Crippen LogP contribution in [-0.2, 0) is 19.8 Å². The zero-order valence-corrected chi connectivity index (χ0v) is 18.3. The molecular formula is C21H33N2ORe-. The molecule has 0 amide bonds. The van der Waals surface area contributed by atoms with Crippen LogP contribution in [0.15, 0.2) is 7.14 Å². The van der Waals surface area contributed by atoms with Gasteiger partial charge in [-0.3, -0.25) is 0 Å². The van der Waals surface area contributed by atoms with Gasteiger partial charge in [-0.1, -0.05) is 0 Å². The Balaban J connectivity index is 0.00000140. The van der Waals surface area contributed by atoms with Crippen LogP contribution in [0.3, 0.4) is 0 Å². The summed E-state index contributed by atoms with van der Waals surface area (Å²) in [5, 5.41) is 0. The standard InChI is InChI=1S/2C10H15N.CH3.O.Re/c2*11-10-4-7-1-8(5-10)3-9(2-7)6-10;;;/h2*7-9H,1-6H2;1H3;;/q;;-1;;. The van der Waals surface area contributed by atoms with Crippen LogP contribution in [0.25, 0.3) is 0 Å². The van der Waals surface area contributed by atoms with Gasteiger partial charge in [-0.2, -0.15) is 0 Å². The van der Waals surface area contributed by atoms with E-state index in [1.54, 1.807) is 0 Å². The zero-order valence-electron chi connectivity index (χ0n) is 15.6. The molecule has 8 aliphatic carbocycles. The normalized spacial score (nSPS) is 54.2. The van der Waals surface area contributed by atoms with E-state index in [4.69, 9.17) is 7.14 Å². The first kappa shape index (κ1) is 17.2. The molecule has 0 spiro atoms. The van der Waals surface area contributed by atoms with Crippen molar-refractivity contribution >= 4 is 0 Å². The van der Waals surface area contributed by atoms with E-state index < -0.39 is 16.3 Å². The molecule has 0 atom stereocenters. The second-order valence-electron chi connectivity index (χ2n) is 10.7. The molecule has 0 aromatic carbocycles. The van der Waals surface area contributed by atoms with Gasteiger partial charge in [-0.05, 0) is 0 Å². The third-order valence-corrected chi connectivity index (χ3v) is 12.1. The van der Waals surface area contributed by atoms with Gasteiger partial charge in [0.1, 0.15) is 0 Å². The van der Waals surface area contributed by atoms with Gasteiger partial charge < -0.3 is 7.43 Å². The summed E-state index contributed by atoms with van der Waals surface area (Å²) in [5.74, 6) is 5.38. The molecule has 0 aromatic rings. The fraction of sp³-hybridized carbons (Fsp3) is 0.952. The fourth-order valence-corrected chi connectivity index (χ4v) is 12.5. The minimum atomic E-state index is -3.03. The van der Waals surface area contributed by atoms with Crippen molar-refractivity contribution in [3.63, 3.8) is 0 Å². The monoisotopic (exact) mass is 516 g/mol. The van der Waals surface area contributed by atoms with E-state index in [1.807, 2.05) is 0 Å². The third kappa shape index (κ3) is 2.85. The Kier molecular flexibility index (Phi) is 3.97. The van der Waals surface area contributed by atoms with E-state index in [-0.39, 0.29) is 18.5 Å². The summed E-state index contributed by atoms with van der Waals surface area (Å²) < 4.78 is 23.4. The molecule has 8 saturated carbocycles. The molecule has 0 N–H and O–H groups in total. The summed E-state index contributed by atoms with van der Waals surface area (Å²) in [6, 6.07) is 0. The third-order valence-electron chi connectivity index (χ3n) is 8.51. The number of hydrogen-bond donors (Lipinski definition) is 0. The minimum absolute atomic E-state index is 0. The van der Waals surface area contributed by atoms with Crippen LogP contribution < -0.4 is 0 Å². The maximum atomic E-state index is 13.1. The van der Waals surface area contributed by atoms with E-state index in [9.17, 15) is 3.47 Å². The van der Waals surface area contributed by atoms with Crippen molar-refractivity contribution < 1.29 is 19.8 Å². The van der Waals surface area contributed by atoms with Crippen molar-refractivity contribution in [1.29, 1.82) is 0 Å². The maximum absolute atomic E-state index is 13.1. The van der Waals surface area contributed by atoms with E-state index in [0.29, 0.717) is 0 Å². The Labute approximate surface area is 158 Å². The molecule has 4 heteroatoms. The summed E-state index contributed by atoms with van der Waals surface area (Å²) in [6.07, 6.45) is 16.1. The second kappa shape index (κ2) is 5.78. The molecule has 8 fully saturated rings. The van der Waals surface area contributed by atoms with Crippen LogP contribution in [0.5, 0.6) is 0 Å². The van der Waals surface area contributed by atoms with Crippen molar-refractivity contribution in [2.75, 3.05) is 0 Å². The van der Waals surface area contributed by atoms with E-state index in [1.165, 1.54) is 77.0 Å². The van der Waals surface area contributed by atoms with Crippen LogP contribution in [0.4, 0.5) is 0 Å². The van der Waals surface area contributed by atoms with E-state index >= 15 is 0 Å². The van der Waals surface area contributed by atoms with Gasteiger partial charge in [-0.25, -0.2) is 0 Å². The molecule has 0 saturated heterocycles. The Morgan fingerprint density at radius 2 is 0.800 bits per heavy atom. The van der Waals surface area contributed by atoms with Crippen LogP contribution in [0.1, 0.15) is 77.0 Å². The molecule has 8 bridgehead atoms. The van der Waals surface area contributed by atoms with Crippen LogP contribution in [-0.4, -0.2) is 11.1 Å². The topological polar surface area (TPSA) is 41.8 Å². The number of hydrogen-bond acceptors (Lipinski definition) is 3. The predicted octanol–water partition coefficient (Wildman–Crippen LogP) is 5.71. The number of rotatable bonds is 2. The Morgan fingerprint density at radius 1 is 0.560 bits per heavy atom. The zero-order chi connectivity index (χ0) is 15.9. The molecular weight excluding hydrogens is 482 g/mol. The average Bonchev–Trinajstić information content (AvgIpc) is 2.42. The Bertz CT molecular complexity index is 583. The van der Waals surface area contributed by atoms with E-state index in [2.05, 4.69) is 0 Å². The molecule has 3 nitrogen and oxygen atoms in total.